The summed E-state index contributed by atoms with van der Waals surface area (Å²) < 4.78 is 23.1. The van der Waals surface area contributed by atoms with Gasteiger partial charge in [-0.05, 0) is 74.1 Å². The summed E-state index contributed by atoms with van der Waals surface area (Å²) in [6.07, 6.45) is 1.96. The molecule has 3 atom stereocenters. The van der Waals surface area contributed by atoms with Crippen LogP contribution in [-0.2, 0) is 6.42 Å². The average molecular weight is 615 g/mol. The Kier molecular flexibility index (Phi) is 11.5. The van der Waals surface area contributed by atoms with Crippen molar-refractivity contribution in [1.29, 1.82) is 0 Å². The van der Waals surface area contributed by atoms with Crippen LogP contribution in [0.3, 0.4) is 0 Å². The Labute approximate surface area is 256 Å². The van der Waals surface area contributed by atoms with E-state index in [0.717, 1.165) is 36.1 Å². The molecule has 0 aliphatic carbocycles. The van der Waals surface area contributed by atoms with E-state index in [1.54, 1.807) is 16.4 Å². The van der Waals surface area contributed by atoms with Gasteiger partial charge in [0, 0.05) is 41.9 Å². The fraction of sp³-hybridized carbons (Fsp3) is 0.406. The van der Waals surface area contributed by atoms with E-state index < -0.39 is 22.9 Å². The van der Waals surface area contributed by atoms with Gasteiger partial charge in [-0.15, -0.1) is 10.8 Å². The number of carbonyl (C=O) groups excluding carboxylic acids is 1. The van der Waals surface area contributed by atoms with E-state index in [1.807, 2.05) is 67.6 Å². The first kappa shape index (κ1) is 32.1. The fourth-order valence-corrected chi connectivity index (χ4v) is 7.20. The second-order valence-electron chi connectivity index (χ2n) is 10.7. The van der Waals surface area contributed by atoms with Crippen molar-refractivity contribution < 1.29 is 19.0 Å². The molecule has 42 heavy (non-hydrogen) atoms. The first-order valence-corrected chi connectivity index (χ1v) is 16.7. The number of hydrogen-bond acceptors (Lipinski definition) is 7. The molecule has 1 fully saturated rings. The number of nitrogens with zero attached hydrogens (tertiary/aromatic N) is 1. The molecule has 0 saturated carbocycles. The van der Waals surface area contributed by atoms with Crippen molar-refractivity contribution in [3.8, 4) is 0 Å². The van der Waals surface area contributed by atoms with Crippen LogP contribution in [0.4, 0.5) is 11.4 Å². The van der Waals surface area contributed by atoms with E-state index in [9.17, 15) is 19.0 Å². The van der Waals surface area contributed by atoms with Gasteiger partial charge in [0.25, 0.3) is 5.91 Å². The van der Waals surface area contributed by atoms with Crippen molar-refractivity contribution in [1.82, 2.24) is 10.6 Å². The Morgan fingerprint density at radius 2 is 1.81 bits per heavy atom. The molecule has 0 bridgehead atoms. The number of nitrogens with one attached hydrogen (secondary N) is 3. The molecule has 1 aliphatic heterocycles. The summed E-state index contributed by atoms with van der Waals surface area (Å²) in [4.78, 5) is 13.7. The molecule has 3 unspecified atom stereocenters. The lowest BCUT2D eigenvalue weighted by Gasteiger charge is -2.47. The molecular weight excluding hydrogens is 572 g/mol. The number of carbonyl (C=O) groups is 1. The van der Waals surface area contributed by atoms with Crippen LogP contribution < -0.4 is 20.3 Å². The minimum Gasteiger partial charge on any atom is -0.390 e. The molecule has 228 valence electrons. The number of hydrogen-bond donors (Lipinski definition) is 6. The molecule has 1 heterocycles. The molecule has 1 aliphatic rings. The third-order valence-corrected chi connectivity index (χ3v) is 9.71. The lowest BCUT2D eigenvalue weighted by atomic mass is 9.99. The predicted molar refractivity (Wildman–Crippen MR) is 175 cm³/mol. The summed E-state index contributed by atoms with van der Waals surface area (Å²) in [5.41, 5.74) is 3.72. The molecule has 0 radical (unpaired) electrons. The van der Waals surface area contributed by atoms with E-state index in [4.69, 9.17) is 11.6 Å². The number of anilines is 2. The number of halogens is 1. The number of benzene rings is 3. The van der Waals surface area contributed by atoms with Crippen LogP contribution in [0, 0.1) is 0 Å². The zero-order valence-corrected chi connectivity index (χ0v) is 25.9. The van der Waals surface area contributed by atoms with Crippen molar-refractivity contribution in [3.63, 3.8) is 0 Å². The zero-order chi connectivity index (χ0) is 30.1. The van der Waals surface area contributed by atoms with Crippen LogP contribution >= 0.6 is 22.4 Å². The highest BCUT2D eigenvalue weighted by Gasteiger charge is 2.29. The molecule has 3 aromatic carbocycles. The highest BCUT2D eigenvalue weighted by Crippen LogP contribution is 2.50. The maximum absolute atomic E-state index is 13.7. The van der Waals surface area contributed by atoms with Gasteiger partial charge in [-0.3, -0.25) is 18.2 Å². The first-order chi connectivity index (χ1) is 20.2. The Hall–Kier alpha value is -2.79. The largest absolute Gasteiger partial charge is 0.390 e. The van der Waals surface area contributed by atoms with E-state index in [0.29, 0.717) is 41.5 Å². The molecule has 1 saturated heterocycles. The second kappa shape index (κ2) is 15.1. The van der Waals surface area contributed by atoms with Crippen molar-refractivity contribution in [2.24, 2.45) is 0 Å². The van der Waals surface area contributed by atoms with Crippen LogP contribution in [0.1, 0.15) is 60.6 Å². The van der Waals surface area contributed by atoms with Crippen molar-refractivity contribution in [3.05, 3.63) is 94.5 Å². The van der Waals surface area contributed by atoms with Crippen molar-refractivity contribution in [2.75, 3.05) is 35.0 Å². The number of aliphatic hydroxyl groups excluding tert-OH is 1. The van der Waals surface area contributed by atoms with Gasteiger partial charge in [0.1, 0.15) is 0 Å². The number of amides is 1. The normalized spacial score (nSPS) is 17.6. The fourth-order valence-electron chi connectivity index (χ4n) is 5.33. The Balaban J connectivity index is 1.56. The Morgan fingerprint density at radius 1 is 1.02 bits per heavy atom. The molecule has 0 aromatic heterocycles. The molecule has 1 amide bonds. The molecular formula is C32H43ClN4O4S. The zero-order valence-electron chi connectivity index (χ0n) is 24.3. The molecule has 3 aromatic rings. The van der Waals surface area contributed by atoms with Gasteiger partial charge in [0.15, 0.2) is 0 Å². The van der Waals surface area contributed by atoms with Gasteiger partial charge in [-0.1, -0.05) is 61.0 Å². The Bertz CT molecular complexity index is 1310. The summed E-state index contributed by atoms with van der Waals surface area (Å²) in [5.74, 6) is -0.0296. The summed E-state index contributed by atoms with van der Waals surface area (Å²) in [6.45, 7) is 5.45. The minimum absolute atomic E-state index is 0.00458. The van der Waals surface area contributed by atoms with Gasteiger partial charge >= 0.3 is 0 Å². The SMILES string of the molecule is CCNc1cc(C(=O)NC(Cc2ccccc2)C(O)CNC(CC)c2cccc(Cl)c2)cc(N2CCCCS2(O)O)c1. The van der Waals surface area contributed by atoms with E-state index in [2.05, 4.69) is 22.9 Å². The smallest absolute Gasteiger partial charge is 0.251 e. The minimum atomic E-state index is -2.95. The molecule has 8 nitrogen and oxygen atoms in total. The summed E-state index contributed by atoms with van der Waals surface area (Å²) >= 11 is 6.21. The highest BCUT2D eigenvalue weighted by atomic mass is 35.5. The topological polar surface area (TPSA) is 117 Å². The van der Waals surface area contributed by atoms with E-state index in [-0.39, 0.29) is 18.5 Å². The number of aliphatic hydroxyl groups is 1. The van der Waals surface area contributed by atoms with Crippen LogP contribution in [0.25, 0.3) is 0 Å². The predicted octanol–water partition coefficient (Wildman–Crippen LogP) is 6.48. The molecule has 0 spiro atoms. The maximum Gasteiger partial charge on any atom is 0.251 e. The van der Waals surface area contributed by atoms with E-state index in [1.165, 1.54) is 0 Å². The van der Waals surface area contributed by atoms with Crippen LogP contribution in [0.5, 0.6) is 0 Å². The lowest BCUT2D eigenvalue weighted by Crippen LogP contribution is -2.49. The summed E-state index contributed by atoms with van der Waals surface area (Å²) in [5, 5.41) is 21.8. The molecule has 4 rings (SSSR count). The van der Waals surface area contributed by atoms with Crippen LogP contribution in [-0.4, -0.2) is 57.7 Å². The second-order valence-corrected chi connectivity index (χ2v) is 13.3. The van der Waals surface area contributed by atoms with Gasteiger partial charge in [0.05, 0.1) is 23.6 Å². The van der Waals surface area contributed by atoms with Gasteiger partial charge in [0.2, 0.25) is 0 Å². The first-order valence-electron chi connectivity index (χ1n) is 14.6. The van der Waals surface area contributed by atoms with Crippen LogP contribution in [0.2, 0.25) is 5.02 Å². The monoisotopic (exact) mass is 614 g/mol. The van der Waals surface area contributed by atoms with Crippen molar-refractivity contribution >= 4 is 39.7 Å². The maximum atomic E-state index is 13.7. The average Bonchev–Trinajstić information content (AvgIpc) is 2.97. The quantitative estimate of drug-likeness (QED) is 0.130. The molecule has 6 N–H and O–H groups in total. The van der Waals surface area contributed by atoms with Crippen molar-refractivity contribution in [2.45, 2.75) is 57.7 Å². The molecule has 10 heteroatoms. The van der Waals surface area contributed by atoms with Gasteiger partial charge in [-0.2, -0.15) is 0 Å². The summed E-state index contributed by atoms with van der Waals surface area (Å²) in [6, 6.07) is 22.2. The van der Waals surface area contributed by atoms with Gasteiger partial charge in [-0.25, -0.2) is 0 Å². The standard InChI is InChI=1S/C32H43ClN4O4S/c1-3-29(24-13-10-14-26(33)18-24)35-22-31(38)30(17-23-11-6-5-7-12-23)36-32(39)25-19-27(34-4-2)21-28(20-25)37-15-8-9-16-42(37,40)41/h5-7,10-14,18-21,29-31,34-35,38,40-41H,3-4,8-9,15-17,22H2,1-2H3,(H,36,39). The third-order valence-electron chi connectivity index (χ3n) is 7.54. The lowest BCUT2D eigenvalue weighted by molar-refractivity contribution is 0.0824. The van der Waals surface area contributed by atoms with Gasteiger partial charge < -0.3 is 21.1 Å². The third kappa shape index (κ3) is 8.63. The number of rotatable bonds is 13. The Morgan fingerprint density at radius 3 is 2.50 bits per heavy atom. The van der Waals surface area contributed by atoms with Crippen LogP contribution in [0.15, 0.2) is 72.8 Å². The van der Waals surface area contributed by atoms with E-state index >= 15 is 0 Å². The highest BCUT2D eigenvalue weighted by molar-refractivity contribution is 8.25. The summed E-state index contributed by atoms with van der Waals surface area (Å²) in [7, 11) is -2.95.